The molecule has 0 spiro atoms. The van der Waals surface area contributed by atoms with Crippen LogP contribution in [0.1, 0.15) is 45.4 Å². The summed E-state index contributed by atoms with van der Waals surface area (Å²) in [5.74, 6) is 4.58. The lowest BCUT2D eigenvalue weighted by molar-refractivity contribution is 0.447. The Kier molecular flexibility index (Phi) is 2.58. The first-order chi connectivity index (χ1) is 5.92. The van der Waals surface area contributed by atoms with Crippen molar-refractivity contribution < 1.29 is 0 Å². The van der Waals surface area contributed by atoms with Crippen molar-refractivity contribution in [1.29, 1.82) is 0 Å². The van der Waals surface area contributed by atoms with Crippen LogP contribution in [0, 0.1) is 0 Å². The zero-order valence-electron chi connectivity index (χ0n) is 8.13. The number of rotatable bonds is 1. The van der Waals surface area contributed by atoms with Gasteiger partial charge in [0, 0.05) is 0 Å². The summed E-state index contributed by atoms with van der Waals surface area (Å²) in [5, 5.41) is 0. The molecule has 0 aliphatic carbocycles. The quantitative estimate of drug-likeness (QED) is 0.515. The Morgan fingerprint density at radius 2 is 1.50 bits per heavy atom. The lowest BCUT2D eigenvalue weighted by atomic mass is 9.27. The molecule has 0 aromatic rings. The molecule has 2 aliphatic heterocycles. The largest absolute Gasteiger partial charge is 0.172 e. The first-order valence-corrected chi connectivity index (χ1v) is 5.54. The van der Waals surface area contributed by atoms with Gasteiger partial charge in [-0.2, -0.15) is 0 Å². The minimum atomic E-state index is 0.956. The van der Waals surface area contributed by atoms with Gasteiger partial charge in [0.1, 0.15) is 0 Å². The summed E-state index contributed by atoms with van der Waals surface area (Å²) in [7, 11) is 0. The monoisotopic (exact) mass is 162 g/mol. The number of fused-ring (bicyclic) bond motifs is 2. The van der Waals surface area contributed by atoms with Crippen LogP contribution in [0.4, 0.5) is 0 Å². The highest BCUT2D eigenvalue weighted by molar-refractivity contribution is 6.67. The summed E-state index contributed by atoms with van der Waals surface area (Å²) in [6.45, 7) is 3.13. The summed E-state index contributed by atoms with van der Waals surface area (Å²) in [5.41, 5.74) is 0. The summed E-state index contributed by atoms with van der Waals surface area (Å²) >= 11 is 0. The minimum Gasteiger partial charge on any atom is -0.119 e. The highest BCUT2D eigenvalue weighted by Gasteiger charge is 2.36. The predicted molar refractivity (Wildman–Crippen MR) is 55.8 cm³/mol. The van der Waals surface area contributed by atoms with Gasteiger partial charge in [0.2, 0.25) is 0 Å². The van der Waals surface area contributed by atoms with Crippen molar-refractivity contribution in [1.82, 2.24) is 0 Å². The third kappa shape index (κ3) is 1.46. The maximum Gasteiger partial charge on any atom is 0.172 e. The Morgan fingerprint density at radius 3 is 1.92 bits per heavy atom. The van der Waals surface area contributed by atoms with Crippen molar-refractivity contribution in [3.63, 3.8) is 0 Å². The van der Waals surface area contributed by atoms with Crippen LogP contribution in [0.5, 0.6) is 0 Å². The van der Waals surface area contributed by atoms with E-state index in [1.165, 1.54) is 38.5 Å². The van der Waals surface area contributed by atoms with Crippen LogP contribution < -0.4 is 0 Å². The third-order valence-electron chi connectivity index (χ3n) is 3.80. The fraction of sp³-hybridized carbons (Fsp3) is 0.818. The first-order valence-electron chi connectivity index (χ1n) is 5.54. The molecule has 2 bridgehead atoms. The van der Waals surface area contributed by atoms with E-state index in [2.05, 4.69) is 19.0 Å². The SMILES string of the molecule is C/C=C/B1C2CCCC1CCC2. The van der Waals surface area contributed by atoms with Crippen LogP contribution in [-0.4, -0.2) is 6.71 Å². The molecule has 0 nitrogen and oxygen atoms in total. The van der Waals surface area contributed by atoms with Crippen LogP contribution in [0.15, 0.2) is 12.1 Å². The van der Waals surface area contributed by atoms with Gasteiger partial charge >= 0.3 is 0 Å². The van der Waals surface area contributed by atoms with Crippen molar-refractivity contribution in [3.8, 4) is 0 Å². The van der Waals surface area contributed by atoms with E-state index in [4.69, 9.17) is 0 Å². The average molecular weight is 162 g/mol. The number of hydrogen-bond acceptors (Lipinski definition) is 0. The van der Waals surface area contributed by atoms with E-state index >= 15 is 0 Å². The van der Waals surface area contributed by atoms with Crippen molar-refractivity contribution >= 4 is 6.71 Å². The second-order valence-corrected chi connectivity index (χ2v) is 4.49. The Morgan fingerprint density at radius 1 is 1.00 bits per heavy atom. The van der Waals surface area contributed by atoms with Gasteiger partial charge < -0.3 is 0 Å². The molecule has 2 heterocycles. The lowest BCUT2D eigenvalue weighted by Crippen LogP contribution is -2.32. The standard InChI is InChI=1S/C11H19B/c1-2-9-12-10-5-3-6-11(12)8-4-7-10/h2,9-11H,3-8H2,1H3/b9-2+. The molecule has 2 aliphatic rings. The van der Waals surface area contributed by atoms with Crippen molar-refractivity contribution in [2.45, 2.75) is 57.1 Å². The van der Waals surface area contributed by atoms with Gasteiger partial charge in [-0.15, -0.1) is 12.1 Å². The van der Waals surface area contributed by atoms with Gasteiger partial charge in [-0.3, -0.25) is 0 Å². The van der Waals surface area contributed by atoms with Crippen LogP contribution in [0.25, 0.3) is 0 Å². The van der Waals surface area contributed by atoms with E-state index in [1.54, 1.807) is 0 Å². The second kappa shape index (κ2) is 3.68. The maximum atomic E-state index is 2.48. The van der Waals surface area contributed by atoms with Crippen LogP contribution >= 0.6 is 0 Å². The lowest BCUT2D eigenvalue weighted by Gasteiger charge is -2.39. The van der Waals surface area contributed by atoms with E-state index in [1.807, 2.05) is 0 Å². The Bertz CT molecular complexity index is 152. The first kappa shape index (κ1) is 8.41. The van der Waals surface area contributed by atoms with Crippen LogP contribution in [-0.2, 0) is 0 Å². The van der Waals surface area contributed by atoms with Gasteiger partial charge in [0.25, 0.3) is 0 Å². The van der Waals surface area contributed by atoms with Gasteiger partial charge in [0.15, 0.2) is 6.71 Å². The van der Waals surface area contributed by atoms with Crippen molar-refractivity contribution in [2.75, 3.05) is 0 Å². The zero-order valence-corrected chi connectivity index (χ0v) is 8.13. The van der Waals surface area contributed by atoms with Gasteiger partial charge in [-0.05, 0) is 6.92 Å². The maximum absolute atomic E-state index is 2.48. The number of allylic oxidation sites excluding steroid dienone is 1. The van der Waals surface area contributed by atoms with Gasteiger partial charge in [-0.1, -0.05) is 50.2 Å². The third-order valence-corrected chi connectivity index (χ3v) is 3.80. The summed E-state index contributed by atoms with van der Waals surface area (Å²) in [4.78, 5) is 0. The molecule has 2 saturated heterocycles. The van der Waals surface area contributed by atoms with Gasteiger partial charge in [0.05, 0.1) is 0 Å². The van der Waals surface area contributed by atoms with E-state index in [0.29, 0.717) is 0 Å². The fourth-order valence-corrected chi connectivity index (χ4v) is 3.26. The molecule has 0 N–H and O–H groups in total. The molecular formula is C11H19B. The molecule has 66 valence electrons. The highest BCUT2D eigenvalue weighted by Crippen LogP contribution is 2.46. The summed E-state index contributed by atoms with van der Waals surface area (Å²) < 4.78 is 0. The second-order valence-electron chi connectivity index (χ2n) is 4.49. The van der Waals surface area contributed by atoms with Crippen molar-refractivity contribution in [3.05, 3.63) is 12.1 Å². The van der Waals surface area contributed by atoms with E-state index in [0.717, 1.165) is 18.3 Å². The molecule has 0 unspecified atom stereocenters. The van der Waals surface area contributed by atoms with Gasteiger partial charge in [-0.25, -0.2) is 0 Å². The van der Waals surface area contributed by atoms with E-state index in [9.17, 15) is 0 Å². The minimum absolute atomic E-state index is 0.956. The molecular weight excluding hydrogens is 143 g/mol. The normalized spacial score (nSPS) is 35.9. The summed E-state index contributed by atoms with van der Waals surface area (Å²) in [6, 6.07) is 0. The van der Waals surface area contributed by atoms with Crippen LogP contribution in [0.2, 0.25) is 11.6 Å². The average Bonchev–Trinajstić information content (AvgIpc) is 2.04. The number of hydrogen-bond donors (Lipinski definition) is 0. The molecule has 0 atom stereocenters. The molecule has 0 amide bonds. The topological polar surface area (TPSA) is 0 Å². The Hall–Kier alpha value is -0.195. The van der Waals surface area contributed by atoms with Crippen molar-refractivity contribution in [2.24, 2.45) is 0 Å². The highest BCUT2D eigenvalue weighted by atomic mass is 14.2. The molecule has 2 fully saturated rings. The molecule has 0 radical (unpaired) electrons. The molecule has 0 saturated carbocycles. The van der Waals surface area contributed by atoms with E-state index < -0.39 is 0 Å². The van der Waals surface area contributed by atoms with Crippen LogP contribution in [0.3, 0.4) is 0 Å². The molecule has 1 heteroatoms. The fourth-order valence-electron chi connectivity index (χ4n) is 3.26. The Balaban J connectivity index is 2.08. The molecule has 12 heavy (non-hydrogen) atoms. The van der Waals surface area contributed by atoms with E-state index in [-0.39, 0.29) is 0 Å². The molecule has 0 aromatic heterocycles. The predicted octanol–water partition coefficient (Wildman–Crippen LogP) is 3.70. The molecule has 2 rings (SSSR count). The zero-order chi connectivity index (χ0) is 8.39. The Labute approximate surface area is 76.5 Å². The smallest absolute Gasteiger partial charge is 0.119 e. The summed E-state index contributed by atoms with van der Waals surface area (Å²) in [6.07, 6.45) is 11.3. The molecule has 0 aromatic carbocycles.